The van der Waals surface area contributed by atoms with Crippen molar-refractivity contribution in [2.75, 3.05) is 5.32 Å². The molecule has 0 aliphatic carbocycles. The van der Waals surface area contributed by atoms with Gasteiger partial charge in [0, 0.05) is 5.02 Å². The smallest absolute Gasteiger partial charge is 0.404 e. The van der Waals surface area contributed by atoms with Crippen LogP contribution in [0.1, 0.15) is 16.3 Å². The zero-order valence-electron chi connectivity index (χ0n) is 16.1. The van der Waals surface area contributed by atoms with E-state index < -0.39 is 10.8 Å². The lowest BCUT2D eigenvalue weighted by molar-refractivity contribution is -0.390. The number of benzene rings is 1. The molecule has 3 aromatic heterocycles. The summed E-state index contributed by atoms with van der Waals surface area (Å²) in [4.78, 5) is 22.7. The zero-order valence-corrected chi connectivity index (χ0v) is 18.5. The van der Waals surface area contributed by atoms with Crippen LogP contribution in [0.4, 0.5) is 11.5 Å². The molecule has 4 rings (SSSR count). The molecule has 0 fully saturated rings. The van der Waals surface area contributed by atoms with Crippen LogP contribution in [-0.2, 0) is 13.3 Å². The van der Waals surface area contributed by atoms with Crippen LogP contribution in [0.5, 0.6) is 5.75 Å². The first-order valence-electron chi connectivity index (χ1n) is 9.05. The summed E-state index contributed by atoms with van der Waals surface area (Å²) in [6.45, 7) is 0.255. The number of nitrogens with zero attached hydrogens (tertiary/aromatic N) is 5. The number of nitrogens with one attached hydrogen (secondary N) is 1. The minimum Gasteiger partial charge on any atom is -0.471 e. The number of hydrogen-bond acceptors (Lipinski definition) is 7. The highest BCUT2D eigenvalue weighted by molar-refractivity contribution is 9.10. The molecule has 0 aliphatic heterocycles. The largest absolute Gasteiger partial charge is 0.471 e. The average Bonchev–Trinajstić information content (AvgIpc) is 3.47. The maximum atomic E-state index is 12.4. The fraction of sp³-hybridized carbons (Fsp3) is 0.105. The molecule has 0 unspecified atom stereocenters. The maximum absolute atomic E-state index is 12.4. The van der Waals surface area contributed by atoms with Crippen molar-refractivity contribution in [3.63, 3.8) is 0 Å². The van der Waals surface area contributed by atoms with Gasteiger partial charge in [0.05, 0.1) is 29.4 Å². The first kappa shape index (κ1) is 21.6. The highest BCUT2D eigenvalue weighted by Crippen LogP contribution is 2.23. The molecule has 0 aliphatic rings. The lowest BCUT2D eigenvalue weighted by atomic mass is 10.3. The monoisotopic (exact) mass is 520 g/mol. The third-order valence-electron chi connectivity index (χ3n) is 4.13. The Morgan fingerprint density at radius 2 is 2.12 bits per heavy atom. The number of halogens is 2. The average molecular weight is 522 g/mol. The predicted molar refractivity (Wildman–Crippen MR) is 117 cm³/mol. The van der Waals surface area contributed by atoms with E-state index in [9.17, 15) is 14.9 Å². The molecule has 0 saturated heterocycles. The molecule has 0 radical (unpaired) electrons. The Bertz CT molecular complexity index is 1280. The summed E-state index contributed by atoms with van der Waals surface area (Å²) >= 11 is 9.00. The summed E-state index contributed by atoms with van der Waals surface area (Å²) in [5.41, 5.74) is 0.453. The topological polar surface area (TPSA) is 130 Å². The maximum Gasteiger partial charge on any atom is 0.404 e. The summed E-state index contributed by atoms with van der Waals surface area (Å²) in [6, 6.07) is 10.1. The van der Waals surface area contributed by atoms with Crippen molar-refractivity contribution in [2.24, 2.45) is 0 Å². The van der Waals surface area contributed by atoms with E-state index in [1.165, 1.54) is 27.8 Å². The van der Waals surface area contributed by atoms with E-state index >= 15 is 0 Å². The normalized spacial score (nSPS) is 10.8. The number of ether oxygens (including phenoxy) is 1. The molecule has 0 spiro atoms. The summed E-state index contributed by atoms with van der Waals surface area (Å²) in [6.07, 6.45) is 4.54. The Morgan fingerprint density at radius 3 is 2.88 bits per heavy atom. The number of carbonyl (C=O) groups excluding carboxylic acids is 1. The van der Waals surface area contributed by atoms with Gasteiger partial charge in [-0.25, -0.2) is 4.68 Å². The number of carbonyl (C=O) groups is 1. The molecule has 0 bridgehead atoms. The van der Waals surface area contributed by atoms with Gasteiger partial charge in [0.1, 0.15) is 22.5 Å². The highest BCUT2D eigenvalue weighted by Gasteiger charge is 2.20. The Labute approximate surface area is 193 Å². The van der Waals surface area contributed by atoms with E-state index in [1.54, 1.807) is 36.5 Å². The van der Waals surface area contributed by atoms with Gasteiger partial charge in [-0.05, 0) is 51.2 Å². The minimum absolute atomic E-state index is 0.0728. The van der Waals surface area contributed by atoms with Crippen molar-refractivity contribution in [1.29, 1.82) is 0 Å². The van der Waals surface area contributed by atoms with Crippen LogP contribution in [0.15, 0.2) is 63.9 Å². The SMILES string of the molecule is O=C(Nc1cnn(COc2cccc(Cl)c2)c1)c1ccc(Cn2cc(Br)c([N+](=O)[O-])n2)o1. The summed E-state index contributed by atoms with van der Waals surface area (Å²) < 4.78 is 14.2. The number of furan rings is 1. The van der Waals surface area contributed by atoms with Crippen molar-refractivity contribution in [3.8, 4) is 5.75 Å². The van der Waals surface area contributed by atoms with Gasteiger partial charge in [-0.2, -0.15) is 9.78 Å². The molecule has 32 heavy (non-hydrogen) atoms. The van der Waals surface area contributed by atoms with Crippen LogP contribution >= 0.6 is 27.5 Å². The summed E-state index contributed by atoms with van der Waals surface area (Å²) in [5.74, 6) is 0.302. The van der Waals surface area contributed by atoms with Gasteiger partial charge in [0.15, 0.2) is 12.5 Å². The van der Waals surface area contributed by atoms with Crippen LogP contribution in [0.3, 0.4) is 0 Å². The molecule has 164 valence electrons. The van der Waals surface area contributed by atoms with E-state index in [1.807, 2.05) is 0 Å². The quantitative estimate of drug-likeness (QED) is 0.270. The van der Waals surface area contributed by atoms with Crippen molar-refractivity contribution < 1.29 is 18.9 Å². The van der Waals surface area contributed by atoms with Crippen LogP contribution in [0, 0.1) is 10.1 Å². The summed E-state index contributed by atoms with van der Waals surface area (Å²) in [7, 11) is 0. The van der Waals surface area contributed by atoms with Gasteiger partial charge in [-0.1, -0.05) is 17.7 Å². The van der Waals surface area contributed by atoms with E-state index in [2.05, 4.69) is 31.4 Å². The van der Waals surface area contributed by atoms with Gasteiger partial charge in [0.2, 0.25) is 0 Å². The second kappa shape index (κ2) is 9.24. The number of rotatable bonds is 8. The molecule has 4 aromatic rings. The molecule has 11 nitrogen and oxygen atoms in total. The van der Waals surface area contributed by atoms with Crippen molar-refractivity contribution in [1.82, 2.24) is 19.6 Å². The van der Waals surface area contributed by atoms with Gasteiger partial charge in [-0.3, -0.25) is 4.79 Å². The highest BCUT2D eigenvalue weighted by atomic mass is 79.9. The molecule has 1 aromatic carbocycles. The number of aromatic nitrogens is 4. The Morgan fingerprint density at radius 1 is 1.28 bits per heavy atom. The zero-order chi connectivity index (χ0) is 22.7. The number of nitro groups is 1. The molecular formula is C19H14BrClN6O5. The van der Waals surface area contributed by atoms with E-state index in [-0.39, 0.29) is 29.3 Å². The van der Waals surface area contributed by atoms with E-state index in [4.69, 9.17) is 20.8 Å². The molecule has 1 amide bonds. The fourth-order valence-corrected chi connectivity index (χ4v) is 3.37. The van der Waals surface area contributed by atoms with Gasteiger partial charge >= 0.3 is 5.82 Å². The second-order valence-electron chi connectivity index (χ2n) is 6.47. The third-order valence-corrected chi connectivity index (χ3v) is 4.92. The molecule has 1 N–H and O–H groups in total. The molecule has 3 heterocycles. The van der Waals surface area contributed by atoms with E-state index in [0.717, 1.165) is 0 Å². The van der Waals surface area contributed by atoms with Gasteiger partial charge in [-0.15, -0.1) is 0 Å². The number of amides is 1. The van der Waals surface area contributed by atoms with Crippen LogP contribution in [0.2, 0.25) is 5.02 Å². The number of anilines is 1. The second-order valence-corrected chi connectivity index (χ2v) is 7.77. The fourth-order valence-electron chi connectivity index (χ4n) is 2.73. The summed E-state index contributed by atoms with van der Waals surface area (Å²) in [5, 5.41) is 22.1. The molecule has 0 atom stereocenters. The lowest BCUT2D eigenvalue weighted by Crippen LogP contribution is -2.10. The van der Waals surface area contributed by atoms with E-state index in [0.29, 0.717) is 22.2 Å². The van der Waals surface area contributed by atoms with Crippen molar-refractivity contribution in [2.45, 2.75) is 13.3 Å². The first-order chi connectivity index (χ1) is 15.4. The third kappa shape index (κ3) is 5.15. The molecule has 13 heteroatoms. The Kier molecular flexibility index (Phi) is 6.23. The predicted octanol–water partition coefficient (Wildman–Crippen LogP) is 4.33. The van der Waals surface area contributed by atoms with Crippen LogP contribution in [-0.4, -0.2) is 30.4 Å². The molecule has 0 saturated carbocycles. The van der Waals surface area contributed by atoms with Crippen molar-refractivity contribution >= 4 is 44.9 Å². The first-order valence-corrected chi connectivity index (χ1v) is 10.2. The molecular weight excluding hydrogens is 508 g/mol. The number of hydrogen-bond donors (Lipinski definition) is 1. The van der Waals surface area contributed by atoms with Crippen LogP contribution in [0.25, 0.3) is 0 Å². The van der Waals surface area contributed by atoms with Crippen molar-refractivity contribution in [3.05, 3.63) is 86.1 Å². The minimum atomic E-state index is -0.595. The lowest BCUT2D eigenvalue weighted by Gasteiger charge is -2.06. The van der Waals surface area contributed by atoms with Gasteiger partial charge < -0.3 is 24.6 Å². The van der Waals surface area contributed by atoms with Crippen LogP contribution < -0.4 is 10.1 Å². The standard InChI is InChI=1S/C19H14BrClN6O5/c20-16-10-25(24-18(16)27(29)30)9-15-4-5-17(32-15)19(28)23-13-7-22-26(8-13)11-31-14-3-1-2-12(21)6-14/h1-8,10H,9,11H2,(H,23,28). The van der Waals surface area contributed by atoms with Gasteiger partial charge in [0.25, 0.3) is 5.91 Å². The Hall–Kier alpha value is -3.64. The Balaban J connectivity index is 1.34.